The summed E-state index contributed by atoms with van der Waals surface area (Å²) in [6.07, 6.45) is 3.69. The number of carbonyl (C=O) groups is 1. The van der Waals surface area contributed by atoms with Crippen molar-refractivity contribution < 1.29 is 4.79 Å². The predicted molar refractivity (Wildman–Crippen MR) is 84.4 cm³/mol. The average molecular weight is 353 g/mol. The largest absolute Gasteiger partial charge is 0.299 e. The molecule has 0 aliphatic heterocycles. The van der Waals surface area contributed by atoms with Gasteiger partial charge in [0.05, 0.1) is 22.3 Å². The van der Waals surface area contributed by atoms with E-state index in [-0.39, 0.29) is 5.92 Å². The third-order valence-corrected chi connectivity index (χ3v) is 6.07. The fraction of sp³-hybridized carbons (Fsp3) is 0.467. The van der Waals surface area contributed by atoms with E-state index in [0.717, 1.165) is 35.1 Å². The lowest BCUT2D eigenvalue weighted by atomic mass is 9.83. The normalized spacial score (nSPS) is 18.1. The van der Waals surface area contributed by atoms with E-state index in [0.29, 0.717) is 12.2 Å². The number of hydrogen-bond donors (Lipinski definition) is 0. The molecule has 0 bridgehead atoms. The van der Waals surface area contributed by atoms with Gasteiger partial charge in [-0.05, 0) is 59.1 Å². The van der Waals surface area contributed by atoms with Gasteiger partial charge in [0, 0.05) is 17.8 Å². The van der Waals surface area contributed by atoms with Crippen LogP contribution < -0.4 is 0 Å². The summed E-state index contributed by atoms with van der Waals surface area (Å²) in [5, 5.41) is 6.47. The molecule has 1 atom stereocenters. The standard InChI is InChI=1S/C15H17BrN2OS/c1-9-15(16)12(18(2)17-9)8-13(19)10-4-3-5-14-11(10)6-7-20-14/h6-7,10H,3-5,8H2,1-2H3. The highest BCUT2D eigenvalue weighted by molar-refractivity contribution is 9.10. The van der Waals surface area contributed by atoms with E-state index >= 15 is 0 Å². The number of aromatic nitrogens is 2. The Kier molecular flexibility index (Phi) is 3.82. The summed E-state index contributed by atoms with van der Waals surface area (Å²) < 4.78 is 2.78. The van der Waals surface area contributed by atoms with Gasteiger partial charge in [-0.3, -0.25) is 9.48 Å². The van der Waals surface area contributed by atoms with Gasteiger partial charge in [-0.2, -0.15) is 5.10 Å². The molecular formula is C15H17BrN2OS. The second-order valence-corrected chi connectivity index (χ2v) is 7.15. The molecule has 0 saturated heterocycles. The lowest BCUT2D eigenvalue weighted by molar-refractivity contribution is -0.120. The fourth-order valence-electron chi connectivity index (χ4n) is 2.98. The van der Waals surface area contributed by atoms with Crippen LogP contribution in [0.5, 0.6) is 0 Å². The smallest absolute Gasteiger partial charge is 0.146 e. The van der Waals surface area contributed by atoms with E-state index < -0.39 is 0 Å². The van der Waals surface area contributed by atoms with Crippen molar-refractivity contribution in [1.29, 1.82) is 0 Å². The summed E-state index contributed by atoms with van der Waals surface area (Å²) in [6.45, 7) is 1.95. The lowest BCUT2D eigenvalue weighted by Crippen LogP contribution is -2.20. The molecular weight excluding hydrogens is 336 g/mol. The van der Waals surface area contributed by atoms with E-state index in [1.807, 2.05) is 18.7 Å². The van der Waals surface area contributed by atoms with Crippen LogP contribution in [0.2, 0.25) is 0 Å². The van der Waals surface area contributed by atoms with Crippen molar-refractivity contribution in [3.63, 3.8) is 0 Å². The number of ketones is 1. The van der Waals surface area contributed by atoms with Crippen molar-refractivity contribution in [2.24, 2.45) is 7.05 Å². The number of Topliss-reactive ketones (excluding diaryl/α,β-unsaturated/α-hetero) is 1. The van der Waals surface area contributed by atoms with Crippen LogP contribution >= 0.6 is 27.3 Å². The number of nitrogens with zero attached hydrogens (tertiary/aromatic N) is 2. The Labute approximate surface area is 131 Å². The van der Waals surface area contributed by atoms with Crippen LogP contribution in [-0.4, -0.2) is 15.6 Å². The zero-order chi connectivity index (χ0) is 14.3. The summed E-state index contributed by atoms with van der Waals surface area (Å²) in [7, 11) is 1.90. The van der Waals surface area contributed by atoms with Crippen LogP contribution in [0.3, 0.4) is 0 Å². The molecule has 20 heavy (non-hydrogen) atoms. The molecule has 1 aliphatic rings. The van der Waals surface area contributed by atoms with Gasteiger partial charge >= 0.3 is 0 Å². The molecule has 2 heterocycles. The van der Waals surface area contributed by atoms with Gasteiger partial charge in [-0.15, -0.1) is 11.3 Å². The number of thiophene rings is 1. The molecule has 1 unspecified atom stereocenters. The molecule has 5 heteroatoms. The second-order valence-electron chi connectivity index (χ2n) is 5.36. The van der Waals surface area contributed by atoms with Crippen LogP contribution in [0.1, 0.15) is 40.6 Å². The summed E-state index contributed by atoms with van der Waals surface area (Å²) in [6, 6.07) is 2.13. The first kappa shape index (κ1) is 14.0. The molecule has 2 aromatic heterocycles. The van der Waals surface area contributed by atoms with Gasteiger partial charge in [0.25, 0.3) is 0 Å². The molecule has 0 spiro atoms. The predicted octanol–water partition coefficient (Wildman–Crippen LogP) is 3.78. The van der Waals surface area contributed by atoms with Crippen molar-refractivity contribution >= 4 is 33.0 Å². The number of hydrogen-bond acceptors (Lipinski definition) is 3. The van der Waals surface area contributed by atoms with Crippen LogP contribution in [0.25, 0.3) is 0 Å². The topological polar surface area (TPSA) is 34.9 Å². The van der Waals surface area contributed by atoms with Gasteiger partial charge in [0.2, 0.25) is 0 Å². The molecule has 3 rings (SSSR count). The Morgan fingerprint density at radius 2 is 2.40 bits per heavy atom. The molecule has 0 amide bonds. The Balaban J connectivity index is 1.85. The Bertz CT molecular complexity index is 659. The molecule has 0 radical (unpaired) electrons. The summed E-state index contributed by atoms with van der Waals surface area (Å²) in [4.78, 5) is 14.1. The zero-order valence-electron chi connectivity index (χ0n) is 11.6. The number of rotatable bonds is 3. The van der Waals surface area contributed by atoms with Gasteiger partial charge in [0.1, 0.15) is 5.78 Å². The SMILES string of the molecule is Cc1nn(C)c(CC(=O)C2CCCc3sccc32)c1Br. The average Bonchev–Trinajstić information content (AvgIpc) is 2.99. The van der Waals surface area contributed by atoms with Crippen molar-refractivity contribution in [2.45, 2.75) is 38.5 Å². The third kappa shape index (κ3) is 2.37. The van der Waals surface area contributed by atoms with Crippen molar-refractivity contribution in [3.8, 4) is 0 Å². The van der Waals surface area contributed by atoms with Gasteiger partial charge < -0.3 is 0 Å². The second kappa shape index (κ2) is 5.45. The Hall–Kier alpha value is -0.940. The van der Waals surface area contributed by atoms with E-state index in [4.69, 9.17) is 0 Å². The molecule has 2 aromatic rings. The van der Waals surface area contributed by atoms with Gasteiger partial charge in [0.15, 0.2) is 0 Å². The molecule has 0 N–H and O–H groups in total. The minimum atomic E-state index is 0.0760. The van der Waals surface area contributed by atoms with Crippen LogP contribution in [0, 0.1) is 6.92 Å². The zero-order valence-corrected chi connectivity index (χ0v) is 14.1. The monoisotopic (exact) mass is 352 g/mol. The molecule has 0 aromatic carbocycles. The van der Waals surface area contributed by atoms with E-state index in [1.165, 1.54) is 10.4 Å². The Morgan fingerprint density at radius 1 is 1.60 bits per heavy atom. The first-order valence-electron chi connectivity index (χ1n) is 6.85. The molecule has 0 saturated carbocycles. The molecule has 106 valence electrons. The maximum Gasteiger partial charge on any atom is 0.146 e. The number of fused-ring (bicyclic) bond motifs is 1. The minimum Gasteiger partial charge on any atom is -0.299 e. The fourth-order valence-corrected chi connectivity index (χ4v) is 4.44. The first-order chi connectivity index (χ1) is 9.58. The van der Waals surface area contributed by atoms with E-state index in [2.05, 4.69) is 32.5 Å². The third-order valence-electron chi connectivity index (χ3n) is 4.04. The quantitative estimate of drug-likeness (QED) is 0.842. The minimum absolute atomic E-state index is 0.0760. The summed E-state index contributed by atoms with van der Waals surface area (Å²) >= 11 is 5.33. The molecule has 1 aliphatic carbocycles. The number of aryl methyl sites for hydroxylation is 3. The van der Waals surface area contributed by atoms with Crippen LogP contribution in [0.4, 0.5) is 0 Å². The highest BCUT2D eigenvalue weighted by atomic mass is 79.9. The maximum absolute atomic E-state index is 12.7. The summed E-state index contributed by atoms with van der Waals surface area (Å²) in [5.41, 5.74) is 3.19. The van der Waals surface area contributed by atoms with Crippen LogP contribution in [0.15, 0.2) is 15.9 Å². The highest BCUT2D eigenvalue weighted by Crippen LogP contribution is 2.36. The van der Waals surface area contributed by atoms with Crippen molar-refractivity contribution in [1.82, 2.24) is 9.78 Å². The lowest BCUT2D eigenvalue weighted by Gasteiger charge is -2.21. The first-order valence-corrected chi connectivity index (χ1v) is 8.52. The van der Waals surface area contributed by atoms with Crippen LogP contribution in [-0.2, 0) is 24.7 Å². The number of halogens is 1. The highest BCUT2D eigenvalue weighted by Gasteiger charge is 2.28. The number of carbonyl (C=O) groups excluding carboxylic acids is 1. The summed E-state index contributed by atoms with van der Waals surface area (Å²) in [5.74, 6) is 0.389. The molecule has 3 nitrogen and oxygen atoms in total. The molecule has 0 fully saturated rings. The van der Waals surface area contributed by atoms with E-state index in [9.17, 15) is 4.79 Å². The maximum atomic E-state index is 12.7. The van der Waals surface area contributed by atoms with Crippen molar-refractivity contribution in [2.75, 3.05) is 0 Å². The van der Waals surface area contributed by atoms with Gasteiger partial charge in [-0.25, -0.2) is 0 Å². The van der Waals surface area contributed by atoms with Gasteiger partial charge in [-0.1, -0.05) is 0 Å². The Morgan fingerprint density at radius 3 is 3.10 bits per heavy atom. The van der Waals surface area contributed by atoms with E-state index in [1.54, 1.807) is 11.3 Å². The van der Waals surface area contributed by atoms with Crippen molar-refractivity contribution in [3.05, 3.63) is 37.7 Å².